The zero-order valence-electron chi connectivity index (χ0n) is 8.04. The smallest absolute Gasteiger partial charge is 0.308 e. The highest BCUT2D eigenvalue weighted by Crippen LogP contribution is 2.37. The Balaban J connectivity index is 1.79. The molecule has 0 N–H and O–H groups in total. The van der Waals surface area contributed by atoms with E-state index >= 15 is 0 Å². The van der Waals surface area contributed by atoms with Crippen LogP contribution in [-0.4, -0.2) is 47.0 Å². The molecule has 2 aliphatic heterocycles. The monoisotopic (exact) mass is 229 g/mol. The Bertz CT molecular complexity index is 455. The van der Waals surface area contributed by atoms with E-state index in [1.807, 2.05) is 0 Å². The molecule has 1 aromatic heterocycles. The average molecular weight is 229 g/mol. The molecule has 1 aromatic rings. The van der Waals surface area contributed by atoms with Crippen molar-refractivity contribution in [3.8, 4) is 0 Å². The van der Waals surface area contributed by atoms with Gasteiger partial charge in [0.2, 0.25) is 0 Å². The second-order valence-electron chi connectivity index (χ2n) is 3.95. The zero-order valence-corrected chi connectivity index (χ0v) is 8.85. The van der Waals surface area contributed by atoms with Gasteiger partial charge in [0.25, 0.3) is 0 Å². The summed E-state index contributed by atoms with van der Waals surface area (Å²) >= 11 is 0. The lowest BCUT2D eigenvalue weighted by Crippen LogP contribution is -2.69. The van der Waals surface area contributed by atoms with Crippen molar-refractivity contribution in [1.82, 2.24) is 13.3 Å². The molecule has 2 fully saturated rings. The van der Waals surface area contributed by atoms with Gasteiger partial charge in [0.1, 0.15) is 6.33 Å². The molecule has 0 amide bonds. The Morgan fingerprint density at radius 1 is 1.40 bits per heavy atom. The van der Waals surface area contributed by atoms with Crippen molar-refractivity contribution in [2.24, 2.45) is 0 Å². The molecule has 0 saturated carbocycles. The van der Waals surface area contributed by atoms with Crippen LogP contribution in [0.1, 0.15) is 6.42 Å². The molecule has 15 heavy (non-hydrogen) atoms. The van der Waals surface area contributed by atoms with Crippen molar-refractivity contribution >= 4 is 10.2 Å². The van der Waals surface area contributed by atoms with Crippen LogP contribution in [0.15, 0.2) is 18.7 Å². The molecule has 2 saturated heterocycles. The molecule has 0 bridgehead atoms. The van der Waals surface area contributed by atoms with Gasteiger partial charge in [-0.05, 0) is 0 Å². The van der Waals surface area contributed by atoms with Crippen molar-refractivity contribution in [2.75, 3.05) is 19.7 Å². The van der Waals surface area contributed by atoms with Crippen molar-refractivity contribution < 1.29 is 13.2 Å². The third-order valence-corrected chi connectivity index (χ3v) is 4.63. The molecule has 7 heteroatoms. The van der Waals surface area contributed by atoms with E-state index in [1.54, 1.807) is 0 Å². The zero-order chi connectivity index (χ0) is 10.5. The predicted molar refractivity (Wildman–Crippen MR) is 51.4 cm³/mol. The third kappa shape index (κ3) is 1.23. The number of imidazole rings is 1. The van der Waals surface area contributed by atoms with E-state index in [4.69, 9.17) is 4.74 Å². The summed E-state index contributed by atoms with van der Waals surface area (Å²) in [4.78, 5) is 3.73. The summed E-state index contributed by atoms with van der Waals surface area (Å²) in [6.45, 7) is 1.68. The summed E-state index contributed by atoms with van der Waals surface area (Å²) in [5.41, 5.74) is -0.173. The lowest BCUT2D eigenvalue weighted by atomic mass is 9.89. The van der Waals surface area contributed by atoms with Gasteiger partial charge in [0, 0.05) is 31.9 Å². The maximum absolute atomic E-state index is 11.9. The van der Waals surface area contributed by atoms with Crippen molar-refractivity contribution in [1.29, 1.82) is 0 Å². The molecule has 0 aliphatic carbocycles. The summed E-state index contributed by atoms with van der Waals surface area (Å²) in [5.74, 6) is 0. The standard InChI is InChI=1S/C8H11N3O3S/c12-15(13,10-3-2-9-7-10)11-5-8(6-11)1-4-14-8/h2-3,7H,1,4-6H2. The molecule has 3 heterocycles. The van der Waals surface area contributed by atoms with Crippen LogP contribution in [-0.2, 0) is 14.9 Å². The van der Waals surface area contributed by atoms with Gasteiger partial charge in [-0.1, -0.05) is 0 Å². The summed E-state index contributed by atoms with van der Waals surface area (Å²) in [6, 6.07) is 0. The van der Waals surface area contributed by atoms with Gasteiger partial charge in [-0.25, -0.2) is 8.96 Å². The van der Waals surface area contributed by atoms with Crippen LogP contribution in [0.2, 0.25) is 0 Å². The fraction of sp³-hybridized carbons (Fsp3) is 0.625. The number of rotatable bonds is 2. The van der Waals surface area contributed by atoms with Crippen molar-refractivity contribution in [3.63, 3.8) is 0 Å². The van der Waals surface area contributed by atoms with E-state index in [2.05, 4.69) is 4.98 Å². The normalized spacial score (nSPS) is 24.8. The van der Waals surface area contributed by atoms with Crippen LogP contribution in [0.25, 0.3) is 0 Å². The number of hydrogen-bond acceptors (Lipinski definition) is 4. The Morgan fingerprint density at radius 3 is 2.60 bits per heavy atom. The van der Waals surface area contributed by atoms with Gasteiger partial charge in [-0.3, -0.25) is 0 Å². The minimum Gasteiger partial charge on any atom is -0.372 e. The molecule has 82 valence electrons. The quantitative estimate of drug-likeness (QED) is 0.682. The topological polar surface area (TPSA) is 64.4 Å². The van der Waals surface area contributed by atoms with Gasteiger partial charge in [0.05, 0.1) is 12.2 Å². The molecule has 0 radical (unpaired) electrons. The van der Waals surface area contributed by atoms with Gasteiger partial charge >= 0.3 is 10.2 Å². The molecular weight excluding hydrogens is 218 g/mol. The van der Waals surface area contributed by atoms with E-state index in [0.717, 1.165) is 17.0 Å². The Morgan fingerprint density at radius 2 is 2.13 bits per heavy atom. The molecule has 3 rings (SSSR count). The number of aromatic nitrogens is 2. The van der Waals surface area contributed by atoms with Crippen LogP contribution < -0.4 is 0 Å². The average Bonchev–Trinajstić information content (AvgIpc) is 2.48. The van der Waals surface area contributed by atoms with Crippen molar-refractivity contribution in [2.45, 2.75) is 12.0 Å². The van der Waals surface area contributed by atoms with E-state index in [-0.39, 0.29) is 5.60 Å². The third-order valence-electron chi connectivity index (χ3n) is 2.97. The Labute approximate surface area is 87.7 Å². The number of hydrogen-bond donors (Lipinski definition) is 0. The fourth-order valence-corrected chi connectivity index (χ4v) is 3.36. The van der Waals surface area contributed by atoms with Gasteiger partial charge < -0.3 is 4.74 Å². The van der Waals surface area contributed by atoms with Crippen LogP contribution >= 0.6 is 0 Å². The minimum atomic E-state index is -3.40. The van der Waals surface area contributed by atoms with Gasteiger partial charge in [0.15, 0.2) is 0 Å². The van der Waals surface area contributed by atoms with Crippen LogP contribution in [0.3, 0.4) is 0 Å². The first-order chi connectivity index (χ1) is 7.12. The first-order valence-electron chi connectivity index (χ1n) is 4.75. The highest BCUT2D eigenvalue weighted by molar-refractivity contribution is 7.87. The number of nitrogens with zero attached hydrogens (tertiary/aromatic N) is 3. The molecule has 1 spiro atoms. The molecule has 0 unspecified atom stereocenters. The van der Waals surface area contributed by atoms with E-state index in [1.165, 1.54) is 23.0 Å². The first-order valence-corrected chi connectivity index (χ1v) is 6.15. The molecule has 6 nitrogen and oxygen atoms in total. The van der Waals surface area contributed by atoms with Gasteiger partial charge in [-0.2, -0.15) is 12.7 Å². The van der Waals surface area contributed by atoms with E-state index in [0.29, 0.717) is 13.1 Å². The first kappa shape index (κ1) is 9.32. The van der Waals surface area contributed by atoms with E-state index < -0.39 is 10.2 Å². The second-order valence-corrected chi connectivity index (χ2v) is 5.78. The summed E-state index contributed by atoms with van der Waals surface area (Å²) < 4.78 is 31.7. The summed E-state index contributed by atoms with van der Waals surface area (Å²) in [7, 11) is -3.40. The van der Waals surface area contributed by atoms with Gasteiger partial charge in [-0.15, -0.1) is 0 Å². The molecular formula is C8H11N3O3S. The molecule has 0 aromatic carbocycles. The number of ether oxygens (including phenoxy) is 1. The van der Waals surface area contributed by atoms with Crippen LogP contribution in [0, 0.1) is 0 Å². The SMILES string of the molecule is O=S(=O)(N1CC2(CCO2)C1)n1ccnc1. The highest BCUT2D eigenvalue weighted by atomic mass is 32.2. The van der Waals surface area contributed by atoms with Crippen molar-refractivity contribution in [3.05, 3.63) is 18.7 Å². The lowest BCUT2D eigenvalue weighted by Gasteiger charge is -2.53. The van der Waals surface area contributed by atoms with Crippen LogP contribution in [0.5, 0.6) is 0 Å². The molecule has 2 aliphatic rings. The Kier molecular flexibility index (Phi) is 1.74. The molecule has 0 atom stereocenters. The Hall–Kier alpha value is -0.920. The maximum atomic E-state index is 11.9. The fourth-order valence-electron chi connectivity index (χ4n) is 1.92. The summed E-state index contributed by atoms with van der Waals surface area (Å²) in [6.07, 6.45) is 5.14. The lowest BCUT2D eigenvalue weighted by molar-refractivity contribution is -0.201. The predicted octanol–water partition coefficient (Wildman–Crippen LogP) is -0.549. The highest BCUT2D eigenvalue weighted by Gasteiger charge is 2.53. The summed E-state index contributed by atoms with van der Waals surface area (Å²) in [5, 5.41) is 0. The maximum Gasteiger partial charge on any atom is 0.308 e. The minimum absolute atomic E-state index is 0.173. The van der Waals surface area contributed by atoms with E-state index in [9.17, 15) is 8.42 Å². The second kappa shape index (κ2) is 2.81. The van der Waals surface area contributed by atoms with Crippen LogP contribution in [0.4, 0.5) is 0 Å². The largest absolute Gasteiger partial charge is 0.372 e.